The molecule has 126 valence electrons. The lowest BCUT2D eigenvalue weighted by Gasteiger charge is -2.10. The smallest absolute Gasteiger partial charge is 0.452 e. The van der Waals surface area contributed by atoms with Crippen LogP contribution in [0.15, 0.2) is 18.3 Å². The third kappa shape index (κ3) is 2.51. The van der Waals surface area contributed by atoms with Crippen LogP contribution >= 0.6 is 23.2 Å². The SMILES string of the molecule is FC(F)(F)c1nnc2c(OCC3CC3(Cl)Cl)nc3cccnc3n12. The van der Waals surface area contributed by atoms with Gasteiger partial charge in [-0.25, -0.2) is 14.4 Å². The normalized spacial score (nSPS) is 19.8. The Balaban J connectivity index is 1.85. The van der Waals surface area contributed by atoms with Crippen LogP contribution in [0.25, 0.3) is 16.8 Å². The van der Waals surface area contributed by atoms with Gasteiger partial charge in [0.15, 0.2) is 5.65 Å². The lowest BCUT2D eigenvalue weighted by molar-refractivity contribution is -0.145. The van der Waals surface area contributed by atoms with Gasteiger partial charge in [-0.3, -0.25) is 0 Å². The Morgan fingerprint density at radius 3 is 2.71 bits per heavy atom. The second kappa shape index (κ2) is 5.06. The summed E-state index contributed by atoms with van der Waals surface area (Å²) in [5, 5.41) is 6.79. The predicted molar refractivity (Wildman–Crippen MR) is 79.1 cm³/mol. The summed E-state index contributed by atoms with van der Waals surface area (Å²) >= 11 is 11.8. The van der Waals surface area contributed by atoms with Crippen molar-refractivity contribution in [2.75, 3.05) is 6.61 Å². The van der Waals surface area contributed by atoms with Crippen LogP contribution in [0.3, 0.4) is 0 Å². The second-order valence-electron chi connectivity index (χ2n) is 5.42. The average Bonchev–Trinajstić information content (AvgIpc) is 2.94. The van der Waals surface area contributed by atoms with Gasteiger partial charge in [-0.1, -0.05) is 0 Å². The minimum atomic E-state index is -4.69. The Kier molecular flexibility index (Phi) is 3.30. The van der Waals surface area contributed by atoms with Crippen LogP contribution in [0.1, 0.15) is 12.2 Å². The highest BCUT2D eigenvalue weighted by Gasteiger charge is 2.52. The quantitative estimate of drug-likeness (QED) is 0.655. The van der Waals surface area contributed by atoms with Crippen LogP contribution in [-0.4, -0.2) is 35.5 Å². The largest absolute Gasteiger partial charge is 0.475 e. The van der Waals surface area contributed by atoms with E-state index in [1.165, 1.54) is 12.3 Å². The molecule has 0 aliphatic heterocycles. The maximum atomic E-state index is 13.2. The second-order valence-corrected chi connectivity index (χ2v) is 6.96. The monoisotopic (exact) mass is 377 g/mol. The summed E-state index contributed by atoms with van der Waals surface area (Å²) in [7, 11) is 0. The summed E-state index contributed by atoms with van der Waals surface area (Å²) in [4.78, 5) is 8.13. The first-order valence-electron chi connectivity index (χ1n) is 6.85. The Hall–Kier alpha value is -1.87. The third-order valence-electron chi connectivity index (χ3n) is 3.68. The zero-order chi connectivity index (χ0) is 17.1. The van der Waals surface area contributed by atoms with Crippen molar-refractivity contribution in [2.45, 2.75) is 16.9 Å². The molecule has 1 fully saturated rings. The number of fused-ring (bicyclic) bond motifs is 3. The van der Waals surface area contributed by atoms with Crippen molar-refractivity contribution < 1.29 is 17.9 Å². The number of alkyl halides is 5. The molecule has 1 saturated carbocycles. The molecule has 0 radical (unpaired) electrons. The molecule has 0 N–H and O–H groups in total. The van der Waals surface area contributed by atoms with Crippen LogP contribution < -0.4 is 4.74 Å². The van der Waals surface area contributed by atoms with Gasteiger partial charge in [0.25, 0.3) is 5.88 Å². The fraction of sp³-hybridized carbons (Fsp3) is 0.385. The molecule has 3 aromatic rings. The molecule has 1 atom stereocenters. The highest BCUT2D eigenvalue weighted by molar-refractivity contribution is 6.50. The van der Waals surface area contributed by atoms with E-state index >= 15 is 0 Å². The van der Waals surface area contributed by atoms with E-state index in [0.29, 0.717) is 6.42 Å². The minimum absolute atomic E-state index is 0.00682. The molecule has 4 rings (SSSR count). The maximum Gasteiger partial charge on any atom is 0.452 e. The van der Waals surface area contributed by atoms with Gasteiger partial charge in [0, 0.05) is 12.1 Å². The number of aromatic nitrogens is 5. The topological polar surface area (TPSA) is 65.2 Å². The Labute approximate surface area is 142 Å². The molecule has 0 saturated heterocycles. The van der Waals surface area contributed by atoms with E-state index in [0.717, 1.165) is 4.40 Å². The lowest BCUT2D eigenvalue weighted by atomic mass is 10.4. The predicted octanol–water partition coefficient (Wildman–Crippen LogP) is 3.26. The van der Waals surface area contributed by atoms with Crippen LogP contribution in [0, 0.1) is 5.92 Å². The zero-order valence-corrected chi connectivity index (χ0v) is 13.3. The highest BCUT2D eigenvalue weighted by atomic mass is 35.5. The number of ether oxygens (including phenoxy) is 1. The maximum absolute atomic E-state index is 13.2. The highest BCUT2D eigenvalue weighted by Crippen LogP contribution is 2.53. The molecular weight excluding hydrogens is 370 g/mol. The number of hydrogen-bond acceptors (Lipinski definition) is 5. The molecule has 0 bridgehead atoms. The fourth-order valence-corrected chi connectivity index (χ4v) is 2.84. The molecule has 1 aliphatic carbocycles. The minimum Gasteiger partial charge on any atom is -0.475 e. The van der Waals surface area contributed by atoms with Crippen molar-refractivity contribution in [1.29, 1.82) is 0 Å². The molecule has 0 spiro atoms. The van der Waals surface area contributed by atoms with Gasteiger partial charge in [0.1, 0.15) is 9.85 Å². The standard InChI is InChI=1S/C13H8Cl2F3N5O/c14-12(15)4-6(12)5-24-10-9-21-22-11(13(16,17)18)23(9)8-7(20-10)2-1-3-19-8/h1-3,6H,4-5H2. The Bertz CT molecular complexity index is 942. The van der Waals surface area contributed by atoms with Crippen molar-refractivity contribution in [3.05, 3.63) is 24.2 Å². The number of pyridine rings is 1. The van der Waals surface area contributed by atoms with Crippen LogP contribution in [0.5, 0.6) is 5.88 Å². The van der Waals surface area contributed by atoms with Gasteiger partial charge in [-0.2, -0.15) is 13.2 Å². The van der Waals surface area contributed by atoms with Gasteiger partial charge in [0.2, 0.25) is 11.5 Å². The van der Waals surface area contributed by atoms with Crippen molar-refractivity contribution in [1.82, 2.24) is 24.6 Å². The third-order valence-corrected chi connectivity index (χ3v) is 4.61. The molecule has 1 aliphatic rings. The van der Waals surface area contributed by atoms with E-state index in [4.69, 9.17) is 27.9 Å². The first-order chi connectivity index (χ1) is 11.3. The number of rotatable bonds is 3. The van der Waals surface area contributed by atoms with E-state index in [9.17, 15) is 13.2 Å². The van der Waals surface area contributed by atoms with Gasteiger partial charge in [-0.15, -0.1) is 33.4 Å². The van der Waals surface area contributed by atoms with Crippen molar-refractivity contribution in [3.8, 4) is 5.88 Å². The molecule has 6 nitrogen and oxygen atoms in total. The van der Waals surface area contributed by atoms with E-state index in [2.05, 4.69) is 20.2 Å². The fourth-order valence-electron chi connectivity index (χ4n) is 2.34. The summed E-state index contributed by atoms with van der Waals surface area (Å²) in [6, 6.07) is 3.09. The Morgan fingerprint density at radius 2 is 2.04 bits per heavy atom. The van der Waals surface area contributed by atoms with E-state index < -0.39 is 16.3 Å². The van der Waals surface area contributed by atoms with E-state index in [1.807, 2.05) is 0 Å². The Morgan fingerprint density at radius 1 is 1.29 bits per heavy atom. The van der Waals surface area contributed by atoms with Crippen molar-refractivity contribution in [2.24, 2.45) is 5.92 Å². The summed E-state index contributed by atoms with van der Waals surface area (Å²) in [6.45, 7) is 0.121. The molecule has 3 aromatic heterocycles. The summed E-state index contributed by atoms with van der Waals surface area (Å²) in [6.07, 6.45) is -2.79. The zero-order valence-electron chi connectivity index (χ0n) is 11.8. The van der Waals surface area contributed by atoms with Crippen molar-refractivity contribution >= 4 is 40.0 Å². The van der Waals surface area contributed by atoms with E-state index in [1.54, 1.807) is 6.07 Å². The summed E-state index contributed by atoms with van der Waals surface area (Å²) < 4.78 is 45.0. The van der Waals surface area contributed by atoms with Crippen molar-refractivity contribution in [3.63, 3.8) is 0 Å². The number of hydrogen-bond donors (Lipinski definition) is 0. The molecule has 11 heteroatoms. The van der Waals surface area contributed by atoms with Crippen LogP contribution in [0.4, 0.5) is 13.2 Å². The van der Waals surface area contributed by atoms with Gasteiger partial charge >= 0.3 is 6.18 Å². The molecule has 0 aromatic carbocycles. The summed E-state index contributed by atoms with van der Waals surface area (Å²) in [5.41, 5.74) is 0.0562. The van der Waals surface area contributed by atoms with Crippen LogP contribution in [0.2, 0.25) is 0 Å². The van der Waals surface area contributed by atoms with Crippen LogP contribution in [-0.2, 0) is 6.18 Å². The average molecular weight is 378 g/mol. The molecular formula is C13H8Cl2F3N5O. The lowest BCUT2D eigenvalue weighted by Crippen LogP contribution is -2.13. The molecule has 3 heterocycles. The number of nitrogens with zero attached hydrogens (tertiary/aromatic N) is 5. The first-order valence-corrected chi connectivity index (χ1v) is 7.60. The molecule has 1 unspecified atom stereocenters. The number of halogens is 5. The summed E-state index contributed by atoms with van der Waals surface area (Å²) in [5.74, 6) is -1.38. The van der Waals surface area contributed by atoms with Gasteiger partial charge in [0.05, 0.1) is 6.61 Å². The molecule has 0 amide bonds. The van der Waals surface area contributed by atoms with Gasteiger partial charge < -0.3 is 4.74 Å². The van der Waals surface area contributed by atoms with E-state index in [-0.39, 0.29) is 35.2 Å². The molecule has 24 heavy (non-hydrogen) atoms. The van der Waals surface area contributed by atoms with Gasteiger partial charge in [-0.05, 0) is 18.6 Å². The first kappa shape index (κ1) is 15.6.